The highest BCUT2D eigenvalue weighted by molar-refractivity contribution is 9.10. The molecule has 1 aromatic heterocycles. The summed E-state index contributed by atoms with van der Waals surface area (Å²) in [6.07, 6.45) is 7.82. The first-order valence-corrected chi connectivity index (χ1v) is 6.70. The highest BCUT2D eigenvalue weighted by atomic mass is 79.9. The van der Waals surface area contributed by atoms with Crippen LogP contribution in [0.2, 0.25) is 0 Å². The lowest BCUT2D eigenvalue weighted by Crippen LogP contribution is -2.26. The van der Waals surface area contributed by atoms with Gasteiger partial charge in [-0.2, -0.15) is 5.10 Å². The molecular weight excluding hydrogens is 294 g/mol. The number of rotatable bonds is 5. The summed E-state index contributed by atoms with van der Waals surface area (Å²) in [4.78, 5) is 11.9. The van der Waals surface area contributed by atoms with Crippen LogP contribution in [0.15, 0.2) is 15.5 Å². The molecule has 0 spiro atoms. The minimum atomic E-state index is -0.213. The third kappa shape index (κ3) is 3.88. The lowest BCUT2D eigenvalue weighted by molar-refractivity contribution is 0.538. The maximum absolute atomic E-state index is 11.9. The highest BCUT2D eigenvalue weighted by Crippen LogP contribution is 2.18. The fourth-order valence-electron chi connectivity index (χ4n) is 1.80. The van der Waals surface area contributed by atoms with Gasteiger partial charge in [0.15, 0.2) is 0 Å². The van der Waals surface area contributed by atoms with Crippen LogP contribution in [-0.2, 0) is 6.54 Å². The zero-order valence-corrected chi connectivity index (χ0v) is 12.5. The molecule has 98 valence electrons. The zero-order valence-electron chi connectivity index (χ0n) is 10.9. The summed E-state index contributed by atoms with van der Waals surface area (Å²) in [5.74, 6) is 3.00. The molecule has 1 unspecified atom stereocenters. The Balaban J connectivity index is 2.89. The molecule has 0 fully saturated rings. The normalized spacial score (nSPS) is 12.2. The molecule has 0 aliphatic rings. The minimum absolute atomic E-state index is 0.180. The van der Waals surface area contributed by atoms with E-state index in [4.69, 9.17) is 6.42 Å². The number of nitrogens with one attached hydrogen (secondary N) is 1. The Labute approximate surface area is 116 Å². The Morgan fingerprint density at radius 3 is 2.78 bits per heavy atom. The summed E-state index contributed by atoms with van der Waals surface area (Å²) in [7, 11) is 0. The smallest absolute Gasteiger partial charge is 0.284 e. The first kappa shape index (κ1) is 14.8. The molecule has 0 saturated heterocycles. The molecule has 0 aliphatic heterocycles. The molecule has 1 N–H and O–H groups in total. The fourth-order valence-corrected chi connectivity index (χ4v) is 2.22. The molecule has 0 aliphatic carbocycles. The minimum Gasteiger partial charge on any atom is -0.380 e. The van der Waals surface area contributed by atoms with Gasteiger partial charge in [0.1, 0.15) is 11.0 Å². The number of hydrogen-bond donors (Lipinski definition) is 1. The Morgan fingerprint density at radius 1 is 1.56 bits per heavy atom. The van der Waals surface area contributed by atoms with Crippen molar-refractivity contribution in [3.63, 3.8) is 0 Å². The molecule has 0 amide bonds. The number of hydrogen-bond acceptors (Lipinski definition) is 3. The molecule has 1 aromatic rings. The van der Waals surface area contributed by atoms with Crippen molar-refractivity contribution < 1.29 is 0 Å². The molecule has 4 nitrogen and oxygen atoms in total. The molecule has 0 bridgehead atoms. The predicted octanol–water partition coefficient (Wildman–Crippen LogP) is 2.49. The molecular formula is C13H18BrN3O. The van der Waals surface area contributed by atoms with Crippen molar-refractivity contribution in [1.82, 2.24) is 9.78 Å². The van der Waals surface area contributed by atoms with Crippen molar-refractivity contribution >= 4 is 21.6 Å². The van der Waals surface area contributed by atoms with Crippen LogP contribution in [0.1, 0.15) is 27.2 Å². The number of halogens is 1. The quantitative estimate of drug-likeness (QED) is 0.850. The van der Waals surface area contributed by atoms with E-state index in [0.29, 0.717) is 16.1 Å². The van der Waals surface area contributed by atoms with Crippen LogP contribution in [-0.4, -0.2) is 15.8 Å². The maximum Gasteiger partial charge on any atom is 0.284 e. The van der Waals surface area contributed by atoms with Gasteiger partial charge in [0, 0.05) is 6.04 Å². The zero-order chi connectivity index (χ0) is 13.7. The van der Waals surface area contributed by atoms with Gasteiger partial charge in [-0.25, -0.2) is 4.68 Å². The topological polar surface area (TPSA) is 46.9 Å². The monoisotopic (exact) mass is 311 g/mol. The van der Waals surface area contributed by atoms with Gasteiger partial charge in [-0.1, -0.05) is 19.8 Å². The third-order valence-electron chi connectivity index (χ3n) is 2.45. The summed E-state index contributed by atoms with van der Waals surface area (Å²) < 4.78 is 1.73. The number of terminal acetylenes is 1. The van der Waals surface area contributed by atoms with Crippen molar-refractivity contribution in [2.24, 2.45) is 5.92 Å². The first-order valence-electron chi connectivity index (χ1n) is 5.91. The SMILES string of the molecule is C#CCn1ncc(NC(C)CC(C)C)c(Br)c1=O. The van der Waals surface area contributed by atoms with Gasteiger partial charge in [0.05, 0.1) is 11.9 Å². The third-order valence-corrected chi connectivity index (χ3v) is 3.22. The van der Waals surface area contributed by atoms with Gasteiger partial charge >= 0.3 is 0 Å². The van der Waals surface area contributed by atoms with E-state index < -0.39 is 0 Å². The van der Waals surface area contributed by atoms with Gasteiger partial charge in [-0.3, -0.25) is 4.79 Å². The molecule has 5 heteroatoms. The summed E-state index contributed by atoms with van der Waals surface area (Å²) in [6, 6.07) is 0.283. The summed E-state index contributed by atoms with van der Waals surface area (Å²) >= 11 is 3.29. The van der Waals surface area contributed by atoms with Crippen molar-refractivity contribution in [3.05, 3.63) is 21.0 Å². The van der Waals surface area contributed by atoms with Gasteiger partial charge in [0.2, 0.25) is 0 Å². The predicted molar refractivity (Wildman–Crippen MR) is 77.6 cm³/mol. The van der Waals surface area contributed by atoms with Crippen molar-refractivity contribution in [2.45, 2.75) is 39.8 Å². The standard InChI is InChI=1S/C13H18BrN3O/c1-5-6-17-13(18)12(14)11(8-15-17)16-10(4)7-9(2)3/h1,8-10,16H,6-7H2,2-4H3. The number of aromatic nitrogens is 2. The van der Waals surface area contributed by atoms with Crippen LogP contribution in [0.3, 0.4) is 0 Å². The molecule has 18 heavy (non-hydrogen) atoms. The van der Waals surface area contributed by atoms with E-state index in [0.717, 1.165) is 6.42 Å². The second-order valence-corrected chi connectivity index (χ2v) is 5.51. The van der Waals surface area contributed by atoms with E-state index in [9.17, 15) is 4.79 Å². The number of anilines is 1. The average Bonchev–Trinajstić information content (AvgIpc) is 2.28. The Bertz CT molecular complexity index is 502. The lowest BCUT2D eigenvalue weighted by Gasteiger charge is -2.18. The van der Waals surface area contributed by atoms with Gasteiger partial charge < -0.3 is 5.32 Å². The second kappa shape index (κ2) is 6.60. The molecule has 0 radical (unpaired) electrons. The Morgan fingerprint density at radius 2 is 2.22 bits per heavy atom. The molecule has 0 aromatic carbocycles. The van der Waals surface area contributed by atoms with E-state index in [2.05, 4.69) is 53.0 Å². The van der Waals surface area contributed by atoms with Crippen molar-refractivity contribution in [2.75, 3.05) is 5.32 Å². The van der Waals surface area contributed by atoms with Crippen molar-refractivity contribution in [3.8, 4) is 12.3 Å². The highest BCUT2D eigenvalue weighted by Gasteiger charge is 2.11. The van der Waals surface area contributed by atoms with Crippen LogP contribution < -0.4 is 10.9 Å². The van der Waals surface area contributed by atoms with Gasteiger partial charge in [-0.05, 0) is 35.2 Å². The van der Waals surface area contributed by atoms with Gasteiger partial charge in [0.25, 0.3) is 5.56 Å². The van der Waals surface area contributed by atoms with E-state index in [-0.39, 0.29) is 18.1 Å². The van der Waals surface area contributed by atoms with E-state index in [1.54, 1.807) is 6.20 Å². The Hall–Kier alpha value is -1.28. The largest absolute Gasteiger partial charge is 0.380 e. The fraction of sp³-hybridized carbons (Fsp3) is 0.538. The van der Waals surface area contributed by atoms with E-state index >= 15 is 0 Å². The maximum atomic E-state index is 11.9. The average molecular weight is 312 g/mol. The van der Waals surface area contributed by atoms with Crippen LogP contribution in [0.5, 0.6) is 0 Å². The summed E-state index contributed by atoms with van der Waals surface area (Å²) in [6.45, 7) is 6.59. The number of nitrogens with zero attached hydrogens (tertiary/aromatic N) is 2. The van der Waals surface area contributed by atoms with E-state index in [1.165, 1.54) is 4.68 Å². The van der Waals surface area contributed by atoms with Crippen molar-refractivity contribution in [1.29, 1.82) is 0 Å². The summed E-state index contributed by atoms with van der Waals surface area (Å²) in [5.41, 5.74) is 0.496. The second-order valence-electron chi connectivity index (χ2n) is 4.71. The van der Waals surface area contributed by atoms with Gasteiger partial charge in [-0.15, -0.1) is 6.42 Å². The molecule has 1 heterocycles. The Kier molecular flexibility index (Phi) is 5.42. The van der Waals surface area contributed by atoms with Crippen LogP contribution in [0.25, 0.3) is 0 Å². The molecule has 1 atom stereocenters. The van der Waals surface area contributed by atoms with Crippen LogP contribution >= 0.6 is 15.9 Å². The first-order chi connectivity index (χ1) is 8.45. The lowest BCUT2D eigenvalue weighted by atomic mass is 10.1. The van der Waals surface area contributed by atoms with Crippen LogP contribution in [0, 0.1) is 18.3 Å². The van der Waals surface area contributed by atoms with E-state index in [1.807, 2.05) is 0 Å². The molecule has 0 saturated carbocycles. The van der Waals surface area contributed by atoms with Crippen LogP contribution in [0.4, 0.5) is 5.69 Å². The summed E-state index contributed by atoms with van der Waals surface area (Å²) in [5, 5.41) is 7.31. The molecule has 1 rings (SSSR count).